The maximum Gasteiger partial charge on any atom is 0.130 e. The zero-order valence-corrected chi connectivity index (χ0v) is 11.6. The molecule has 2 rings (SSSR count). The molecule has 0 aliphatic rings. The summed E-state index contributed by atoms with van der Waals surface area (Å²) in [6.45, 7) is 8.65. The van der Waals surface area contributed by atoms with E-state index in [1.807, 2.05) is 23.7 Å². The molecule has 2 nitrogen and oxygen atoms in total. The van der Waals surface area contributed by atoms with Crippen molar-refractivity contribution >= 4 is 11.3 Å². The molecule has 0 spiro atoms. The summed E-state index contributed by atoms with van der Waals surface area (Å²) in [4.78, 5) is 11.5. The summed E-state index contributed by atoms with van der Waals surface area (Å²) in [5, 5.41) is 0. The van der Waals surface area contributed by atoms with Crippen LogP contribution in [0.2, 0.25) is 0 Å². The Morgan fingerprint density at radius 1 is 0.941 bits per heavy atom. The number of hydrogen-bond acceptors (Lipinski definition) is 3. The number of nitrogens with zero attached hydrogens (tertiary/aromatic N) is 2. The lowest BCUT2D eigenvalue weighted by Crippen LogP contribution is -1.95. The van der Waals surface area contributed by atoms with Crippen LogP contribution in [0.25, 0.3) is 10.4 Å². The van der Waals surface area contributed by atoms with Crippen LogP contribution in [0.4, 0.5) is 0 Å². The summed E-state index contributed by atoms with van der Waals surface area (Å²) in [5.74, 6) is 1.89. The first-order chi connectivity index (χ1) is 8.08. The van der Waals surface area contributed by atoms with Crippen molar-refractivity contribution in [3.8, 4) is 10.4 Å². The molecule has 0 atom stereocenters. The van der Waals surface area contributed by atoms with Crippen LogP contribution >= 0.6 is 11.3 Å². The van der Waals surface area contributed by atoms with E-state index in [9.17, 15) is 0 Å². The summed E-state index contributed by atoms with van der Waals surface area (Å²) in [6, 6.07) is 4.36. The molecule has 17 heavy (non-hydrogen) atoms. The Morgan fingerprint density at radius 3 is 2.06 bits per heavy atom. The number of hydrogen-bond donors (Lipinski definition) is 0. The molecule has 3 heteroatoms. The van der Waals surface area contributed by atoms with E-state index in [-0.39, 0.29) is 0 Å². The van der Waals surface area contributed by atoms with Crippen molar-refractivity contribution in [3.63, 3.8) is 0 Å². The van der Waals surface area contributed by atoms with E-state index in [4.69, 9.17) is 0 Å². The third kappa shape index (κ3) is 2.72. The van der Waals surface area contributed by atoms with Gasteiger partial charge in [0.25, 0.3) is 0 Å². The van der Waals surface area contributed by atoms with Gasteiger partial charge in [0, 0.05) is 33.6 Å². The smallest absolute Gasteiger partial charge is 0.130 e. The fourth-order valence-corrected chi connectivity index (χ4v) is 2.57. The average molecular weight is 246 g/mol. The second-order valence-corrected chi connectivity index (χ2v) is 5.96. The van der Waals surface area contributed by atoms with E-state index in [1.165, 1.54) is 9.75 Å². The minimum atomic E-state index is 0.388. The Morgan fingerprint density at radius 2 is 1.59 bits per heavy atom. The summed E-state index contributed by atoms with van der Waals surface area (Å²) < 4.78 is 0. The SMILES string of the molecule is CC(C)c1ncc(-c2ccc(C(C)C)s2)cn1. The molecule has 0 aromatic carbocycles. The largest absolute Gasteiger partial charge is 0.240 e. The summed E-state index contributed by atoms with van der Waals surface area (Å²) in [7, 11) is 0. The Labute approximate surface area is 107 Å². The highest BCUT2D eigenvalue weighted by molar-refractivity contribution is 7.15. The molecule has 0 bridgehead atoms. The van der Waals surface area contributed by atoms with E-state index in [0.29, 0.717) is 11.8 Å². The van der Waals surface area contributed by atoms with Crippen molar-refractivity contribution in [1.29, 1.82) is 0 Å². The highest BCUT2D eigenvalue weighted by Gasteiger charge is 2.07. The van der Waals surface area contributed by atoms with E-state index in [0.717, 1.165) is 11.4 Å². The predicted octanol–water partition coefficient (Wildman–Crippen LogP) is 4.45. The molecule has 0 fully saturated rings. The molecule has 0 unspecified atom stereocenters. The Hall–Kier alpha value is -1.22. The molecule has 90 valence electrons. The van der Waals surface area contributed by atoms with Gasteiger partial charge in [-0.3, -0.25) is 0 Å². The van der Waals surface area contributed by atoms with Crippen molar-refractivity contribution in [1.82, 2.24) is 9.97 Å². The third-order valence-corrected chi connectivity index (χ3v) is 4.10. The van der Waals surface area contributed by atoms with Crippen LogP contribution in [0.15, 0.2) is 24.5 Å². The zero-order valence-electron chi connectivity index (χ0n) is 10.8. The van der Waals surface area contributed by atoms with Crippen LogP contribution in [0.3, 0.4) is 0 Å². The van der Waals surface area contributed by atoms with Crippen molar-refractivity contribution in [2.24, 2.45) is 0 Å². The highest BCUT2D eigenvalue weighted by Crippen LogP contribution is 2.31. The van der Waals surface area contributed by atoms with Gasteiger partial charge in [-0.05, 0) is 18.1 Å². The van der Waals surface area contributed by atoms with Crippen LogP contribution in [0.5, 0.6) is 0 Å². The van der Waals surface area contributed by atoms with Gasteiger partial charge in [0.15, 0.2) is 0 Å². The lowest BCUT2D eigenvalue weighted by molar-refractivity contribution is 0.775. The molecule has 2 aromatic rings. The van der Waals surface area contributed by atoms with E-state index >= 15 is 0 Å². The standard InChI is InChI=1S/C14H18N2S/c1-9(2)12-5-6-13(17-12)11-7-15-14(10(3)4)16-8-11/h5-10H,1-4H3. The number of thiophene rings is 1. The quantitative estimate of drug-likeness (QED) is 0.799. The molecule has 0 amide bonds. The molecule has 0 saturated heterocycles. The molecule has 2 aromatic heterocycles. The Bertz CT molecular complexity index is 483. The number of rotatable bonds is 3. The van der Waals surface area contributed by atoms with Gasteiger partial charge < -0.3 is 0 Å². The normalized spacial score (nSPS) is 11.4. The fraction of sp³-hybridized carbons (Fsp3) is 0.429. The summed E-state index contributed by atoms with van der Waals surface area (Å²) >= 11 is 1.83. The maximum absolute atomic E-state index is 4.40. The second-order valence-electron chi connectivity index (χ2n) is 4.84. The first kappa shape index (κ1) is 12.2. The Kier molecular flexibility index (Phi) is 3.57. The van der Waals surface area contributed by atoms with Gasteiger partial charge in [0.05, 0.1) is 0 Å². The van der Waals surface area contributed by atoms with Gasteiger partial charge in [-0.15, -0.1) is 11.3 Å². The molecule has 0 N–H and O–H groups in total. The van der Waals surface area contributed by atoms with Gasteiger partial charge in [-0.1, -0.05) is 27.7 Å². The highest BCUT2D eigenvalue weighted by atomic mass is 32.1. The van der Waals surface area contributed by atoms with E-state index in [2.05, 4.69) is 49.8 Å². The molecular weight excluding hydrogens is 228 g/mol. The first-order valence-electron chi connectivity index (χ1n) is 6.00. The lowest BCUT2D eigenvalue weighted by atomic mass is 10.2. The molecule has 2 heterocycles. The van der Waals surface area contributed by atoms with Crippen molar-refractivity contribution in [2.45, 2.75) is 39.5 Å². The average Bonchev–Trinajstić information content (AvgIpc) is 2.78. The van der Waals surface area contributed by atoms with Crippen molar-refractivity contribution in [2.75, 3.05) is 0 Å². The maximum atomic E-state index is 4.40. The monoisotopic (exact) mass is 246 g/mol. The molecular formula is C14H18N2S. The van der Waals surface area contributed by atoms with Crippen molar-refractivity contribution in [3.05, 3.63) is 35.2 Å². The molecule has 0 aliphatic heterocycles. The predicted molar refractivity (Wildman–Crippen MR) is 73.5 cm³/mol. The van der Waals surface area contributed by atoms with Crippen LogP contribution in [0, 0.1) is 0 Å². The second kappa shape index (κ2) is 4.96. The van der Waals surface area contributed by atoms with Crippen LogP contribution in [-0.2, 0) is 0 Å². The minimum absolute atomic E-state index is 0.388. The van der Waals surface area contributed by atoms with E-state index < -0.39 is 0 Å². The van der Waals surface area contributed by atoms with Gasteiger partial charge in [-0.25, -0.2) is 9.97 Å². The Balaban J connectivity index is 2.27. The molecule has 0 radical (unpaired) electrons. The minimum Gasteiger partial charge on any atom is -0.240 e. The lowest BCUT2D eigenvalue weighted by Gasteiger charge is -2.03. The van der Waals surface area contributed by atoms with Gasteiger partial charge >= 0.3 is 0 Å². The van der Waals surface area contributed by atoms with Gasteiger partial charge in [-0.2, -0.15) is 0 Å². The third-order valence-electron chi connectivity index (χ3n) is 2.67. The first-order valence-corrected chi connectivity index (χ1v) is 6.81. The van der Waals surface area contributed by atoms with Crippen molar-refractivity contribution < 1.29 is 0 Å². The van der Waals surface area contributed by atoms with Crippen LogP contribution in [-0.4, -0.2) is 9.97 Å². The fourth-order valence-electron chi connectivity index (χ4n) is 1.58. The van der Waals surface area contributed by atoms with Crippen LogP contribution < -0.4 is 0 Å². The van der Waals surface area contributed by atoms with Gasteiger partial charge in [0.2, 0.25) is 0 Å². The van der Waals surface area contributed by atoms with Gasteiger partial charge in [0.1, 0.15) is 5.82 Å². The zero-order chi connectivity index (χ0) is 12.4. The molecule has 0 aliphatic carbocycles. The number of aromatic nitrogens is 2. The molecule has 0 saturated carbocycles. The van der Waals surface area contributed by atoms with Crippen LogP contribution in [0.1, 0.15) is 50.2 Å². The van der Waals surface area contributed by atoms with E-state index in [1.54, 1.807) is 0 Å². The summed E-state index contributed by atoms with van der Waals surface area (Å²) in [6.07, 6.45) is 3.86. The topological polar surface area (TPSA) is 25.8 Å². The summed E-state index contributed by atoms with van der Waals surface area (Å²) in [5.41, 5.74) is 1.12.